The molecule has 4 aromatic carbocycles. The molecule has 0 aliphatic heterocycles. The van der Waals surface area contributed by atoms with Crippen molar-refractivity contribution in [2.24, 2.45) is 20.5 Å². The van der Waals surface area contributed by atoms with Crippen LogP contribution in [0.4, 0.5) is 39.8 Å². The summed E-state index contributed by atoms with van der Waals surface area (Å²) in [5, 5.41) is 18.2. The highest BCUT2D eigenvalue weighted by Crippen LogP contribution is 2.43. The summed E-state index contributed by atoms with van der Waals surface area (Å²) in [6, 6.07) is 15.7. The van der Waals surface area contributed by atoms with Gasteiger partial charge in [-0.2, -0.15) is 35.5 Å². The smallest absolute Gasteiger partial charge is 0.396 e. The maximum absolute atomic E-state index is 13.0. The summed E-state index contributed by atoms with van der Waals surface area (Å²) < 4.78 is 152. The van der Waals surface area contributed by atoms with Gasteiger partial charge in [0.15, 0.2) is 19.7 Å². The molecule has 0 unspecified atom stereocenters. The van der Waals surface area contributed by atoms with Crippen LogP contribution in [0.15, 0.2) is 114 Å². The molecule has 8 N–H and O–H groups in total. The lowest BCUT2D eigenvalue weighted by molar-refractivity contribution is 0.102. The Morgan fingerprint density at radius 3 is 1.63 bits per heavy atom. The molecule has 4 rings (SSSR count). The van der Waals surface area contributed by atoms with Crippen molar-refractivity contribution in [2.75, 3.05) is 41.5 Å². The first-order valence-corrected chi connectivity index (χ1v) is 22.7. The SMILES string of the molecule is Nc1c(N=Nc2cccc(C(=O)Nc3ccc(S(=O)(=O)CCOS(=O)(=O)O)cc3)c2)cc(S(=O)(=O)O)c(N)c1N=Nc1ccc(S(=O)(=O)CCOS(=O)(=O)O)cc1. The lowest BCUT2D eigenvalue weighted by Crippen LogP contribution is -2.15. The van der Waals surface area contributed by atoms with Crippen LogP contribution >= 0.6 is 0 Å². The van der Waals surface area contributed by atoms with Gasteiger partial charge < -0.3 is 16.8 Å². The van der Waals surface area contributed by atoms with Crippen LogP contribution in [-0.4, -0.2) is 86.4 Å². The zero-order chi connectivity index (χ0) is 42.4. The Morgan fingerprint density at radius 1 is 0.614 bits per heavy atom. The molecular weight excluding hydrogens is 863 g/mol. The van der Waals surface area contributed by atoms with Crippen molar-refractivity contribution >= 4 is 96.3 Å². The van der Waals surface area contributed by atoms with Crippen molar-refractivity contribution in [3.05, 3.63) is 84.4 Å². The number of carbonyl (C=O) groups excluding carboxylic acids is 1. The number of nitrogens with two attached hydrogens (primary N) is 2. The second-order valence-electron chi connectivity index (χ2n) is 11.1. The monoisotopic (exact) mass is 891 g/mol. The van der Waals surface area contributed by atoms with Crippen LogP contribution in [-0.2, 0) is 59.0 Å². The Kier molecular flexibility index (Phi) is 13.6. The van der Waals surface area contributed by atoms with Gasteiger partial charge in [0, 0.05) is 11.3 Å². The van der Waals surface area contributed by atoms with Crippen LogP contribution in [0, 0.1) is 0 Å². The second kappa shape index (κ2) is 17.5. The van der Waals surface area contributed by atoms with Crippen LogP contribution in [0.1, 0.15) is 10.4 Å². The molecular formula is C29H29N7O16S5. The molecule has 0 heterocycles. The molecule has 306 valence electrons. The normalized spacial score (nSPS) is 13.0. The summed E-state index contributed by atoms with van der Waals surface area (Å²) in [4.78, 5) is 11.6. The summed E-state index contributed by atoms with van der Waals surface area (Å²) in [6.07, 6.45) is 0. The number of rotatable bonds is 17. The summed E-state index contributed by atoms with van der Waals surface area (Å²) in [7, 11) is -22.8. The van der Waals surface area contributed by atoms with Gasteiger partial charge in [0.1, 0.15) is 16.3 Å². The molecule has 0 spiro atoms. The van der Waals surface area contributed by atoms with Crippen molar-refractivity contribution in [3.8, 4) is 0 Å². The topological polar surface area (TPSA) is 380 Å². The molecule has 4 aromatic rings. The number of sulfone groups is 2. The Bertz CT molecular complexity index is 2800. The van der Waals surface area contributed by atoms with Crippen molar-refractivity contribution in [1.82, 2.24) is 0 Å². The molecule has 0 aromatic heterocycles. The van der Waals surface area contributed by atoms with E-state index in [1.165, 1.54) is 48.5 Å². The van der Waals surface area contributed by atoms with E-state index in [1.807, 2.05) is 0 Å². The van der Waals surface area contributed by atoms with Gasteiger partial charge in [0.2, 0.25) is 0 Å². The fourth-order valence-electron chi connectivity index (χ4n) is 4.40. The summed E-state index contributed by atoms with van der Waals surface area (Å²) in [5.74, 6) is -2.24. The molecule has 0 saturated heterocycles. The molecule has 0 bridgehead atoms. The fourth-order valence-corrected chi connectivity index (χ4v) is 8.01. The predicted octanol–water partition coefficient (Wildman–Crippen LogP) is 3.37. The largest absolute Gasteiger partial charge is 0.397 e. The van der Waals surface area contributed by atoms with Gasteiger partial charge in [0.25, 0.3) is 16.0 Å². The second-order valence-corrected chi connectivity index (χ2v) is 18.9. The third-order valence-electron chi connectivity index (χ3n) is 7.08. The molecule has 0 atom stereocenters. The maximum Gasteiger partial charge on any atom is 0.397 e. The molecule has 57 heavy (non-hydrogen) atoms. The average Bonchev–Trinajstić information content (AvgIpc) is 3.10. The van der Waals surface area contributed by atoms with E-state index in [1.54, 1.807) is 0 Å². The molecule has 28 heteroatoms. The van der Waals surface area contributed by atoms with Crippen molar-refractivity contribution in [2.45, 2.75) is 14.7 Å². The molecule has 0 radical (unpaired) electrons. The highest BCUT2D eigenvalue weighted by atomic mass is 32.3. The number of hydrogen-bond acceptors (Lipinski definition) is 19. The number of nitrogens with zero attached hydrogens (tertiary/aromatic N) is 4. The van der Waals surface area contributed by atoms with Crippen LogP contribution in [0.3, 0.4) is 0 Å². The minimum atomic E-state index is -5.01. The van der Waals surface area contributed by atoms with E-state index in [4.69, 9.17) is 20.6 Å². The average molecular weight is 892 g/mol. The number of azo groups is 2. The van der Waals surface area contributed by atoms with Crippen LogP contribution in [0.25, 0.3) is 0 Å². The Hall–Kier alpha value is -5.30. The first kappa shape index (κ1) is 44.4. The van der Waals surface area contributed by atoms with E-state index >= 15 is 0 Å². The lowest BCUT2D eigenvalue weighted by atomic mass is 10.2. The third-order valence-corrected chi connectivity index (χ3v) is 12.3. The zero-order valence-electron chi connectivity index (χ0n) is 28.5. The van der Waals surface area contributed by atoms with E-state index in [2.05, 4.69) is 34.1 Å². The lowest BCUT2D eigenvalue weighted by Gasteiger charge is -2.10. The zero-order valence-corrected chi connectivity index (χ0v) is 32.6. The van der Waals surface area contributed by atoms with E-state index < -0.39 is 97.5 Å². The molecule has 0 saturated carbocycles. The summed E-state index contributed by atoms with van der Waals surface area (Å²) in [6.45, 7) is -1.68. The van der Waals surface area contributed by atoms with Crippen LogP contribution < -0.4 is 16.8 Å². The molecule has 0 aliphatic rings. The Labute approximate surface area is 324 Å². The van der Waals surface area contributed by atoms with Gasteiger partial charge in [-0.3, -0.25) is 18.5 Å². The Balaban J connectivity index is 1.53. The molecule has 0 fully saturated rings. The molecule has 0 aliphatic carbocycles. The quantitative estimate of drug-likeness (QED) is 0.0502. The number of nitrogen functional groups attached to an aromatic ring is 2. The number of hydrogen-bond donors (Lipinski definition) is 6. The van der Waals surface area contributed by atoms with Gasteiger partial charge >= 0.3 is 20.8 Å². The van der Waals surface area contributed by atoms with Gasteiger partial charge in [-0.25, -0.2) is 25.2 Å². The molecule has 1 amide bonds. The third kappa shape index (κ3) is 12.9. The number of carbonyl (C=O) groups is 1. The van der Waals surface area contributed by atoms with Gasteiger partial charge in [-0.1, -0.05) is 6.07 Å². The summed E-state index contributed by atoms with van der Waals surface area (Å²) >= 11 is 0. The highest BCUT2D eigenvalue weighted by Gasteiger charge is 2.23. The minimum Gasteiger partial charge on any atom is -0.396 e. The van der Waals surface area contributed by atoms with Gasteiger partial charge in [-0.15, -0.1) is 10.2 Å². The van der Waals surface area contributed by atoms with Crippen LogP contribution in [0.5, 0.6) is 0 Å². The van der Waals surface area contributed by atoms with Gasteiger partial charge in [0.05, 0.1) is 57.3 Å². The maximum atomic E-state index is 13.0. The first-order chi connectivity index (χ1) is 26.3. The first-order valence-electron chi connectivity index (χ1n) is 15.2. The van der Waals surface area contributed by atoms with E-state index in [0.717, 1.165) is 30.3 Å². The van der Waals surface area contributed by atoms with E-state index in [-0.39, 0.29) is 43.8 Å². The summed E-state index contributed by atoms with van der Waals surface area (Å²) in [5.41, 5.74) is 10.5. The van der Waals surface area contributed by atoms with Crippen molar-refractivity contribution in [3.63, 3.8) is 0 Å². The number of anilines is 3. The standard InChI is InChI=1S/C29H29N7O16S5/c30-26-24(17-25(55(42,43)44)27(31)28(26)36-33-20-6-10-23(11-7-20)54(40,41)15-13-52-57(48,49)50)35-34-21-3-1-2-18(16-21)29(37)32-19-4-8-22(9-5-19)53(38,39)14-12-51-56(45,46)47/h1-11,16-17H,12-15,30-31H2,(H,32,37)(H,42,43,44)(H,45,46,47)(H,48,49,50). The highest BCUT2D eigenvalue weighted by molar-refractivity contribution is 7.91. The van der Waals surface area contributed by atoms with Crippen LogP contribution in [0.2, 0.25) is 0 Å². The fraction of sp³-hybridized carbons (Fsp3) is 0.138. The predicted molar refractivity (Wildman–Crippen MR) is 200 cm³/mol. The number of nitrogens with one attached hydrogen (secondary N) is 1. The number of amides is 1. The Morgan fingerprint density at radius 2 is 1.12 bits per heavy atom. The van der Waals surface area contributed by atoms with E-state index in [9.17, 15) is 51.4 Å². The minimum absolute atomic E-state index is 0.00214. The van der Waals surface area contributed by atoms with E-state index in [0.29, 0.717) is 0 Å². The number of benzene rings is 4. The van der Waals surface area contributed by atoms with Crippen molar-refractivity contribution < 1.29 is 68.9 Å². The molecule has 23 nitrogen and oxygen atoms in total. The van der Waals surface area contributed by atoms with Gasteiger partial charge in [-0.05, 0) is 72.8 Å². The van der Waals surface area contributed by atoms with Crippen molar-refractivity contribution in [1.29, 1.82) is 0 Å².